The summed E-state index contributed by atoms with van der Waals surface area (Å²) in [6, 6.07) is 5.97. The van der Waals surface area contributed by atoms with Crippen molar-refractivity contribution < 1.29 is 14.3 Å². The zero-order valence-electron chi connectivity index (χ0n) is 16.7. The molecule has 1 atom stereocenters. The van der Waals surface area contributed by atoms with Crippen LogP contribution < -0.4 is 10.1 Å². The highest BCUT2D eigenvalue weighted by molar-refractivity contribution is 6.24. The fourth-order valence-corrected chi connectivity index (χ4v) is 4.55. The maximum absolute atomic E-state index is 12.4. The normalized spacial score (nSPS) is 21.2. The molecule has 1 saturated heterocycles. The minimum absolute atomic E-state index is 0.110. The molecule has 1 saturated carbocycles. The average Bonchev–Trinajstić information content (AvgIpc) is 3.11. The Morgan fingerprint density at radius 1 is 1.34 bits per heavy atom. The van der Waals surface area contributed by atoms with Gasteiger partial charge < -0.3 is 14.5 Å². The van der Waals surface area contributed by atoms with Crippen molar-refractivity contribution in [3.8, 4) is 5.75 Å². The Bertz CT molecular complexity index is 822. The molecule has 0 bridgehead atoms. The van der Waals surface area contributed by atoms with Crippen molar-refractivity contribution in [1.82, 2.24) is 15.1 Å². The highest BCUT2D eigenvalue weighted by Crippen LogP contribution is 2.39. The molecular formula is C21H27ClN4O3. The van der Waals surface area contributed by atoms with Crippen LogP contribution in [-0.2, 0) is 9.59 Å². The van der Waals surface area contributed by atoms with E-state index in [1.807, 2.05) is 30.1 Å². The number of carbonyl (C=O) groups is 2. The molecule has 4 rings (SSSR count). The number of aliphatic imine (C=N–C) groups is 1. The molecule has 7 nitrogen and oxygen atoms in total. The van der Waals surface area contributed by atoms with Crippen molar-refractivity contribution in [2.45, 2.75) is 56.5 Å². The molecule has 2 fully saturated rings. The summed E-state index contributed by atoms with van der Waals surface area (Å²) in [6.07, 6.45) is 7.13. The third kappa shape index (κ3) is 4.34. The summed E-state index contributed by atoms with van der Waals surface area (Å²) in [5, 5.41) is 2.72. The Morgan fingerprint density at radius 3 is 2.93 bits per heavy atom. The van der Waals surface area contributed by atoms with Gasteiger partial charge in [-0.2, -0.15) is 0 Å². The molecule has 29 heavy (non-hydrogen) atoms. The second kappa shape index (κ2) is 8.61. The summed E-state index contributed by atoms with van der Waals surface area (Å²) in [4.78, 5) is 32.2. The standard InChI is InChI=1S/C21H27ClN4O3/c1-25(14-6-3-2-4-7-14)19(28)8-5-11-29-15-9-10-16-17(12-15)23-21-24-18(27)13-26(21)20(16)22/h9-10,12,14,20H,2-8,11,13H2,1H3,(H,23,24,27). The number of hydrogen-bond acceptors (Lipinski definition) is 5. The summed E-state index contributed by atoms with van der Waals surface area (Å²) in [6.45, 7) is 0.681. The molecule has 2 amide bonds. The number of benzene rings is 1. The van der Waals surface area contributed by atoms with Gasteiger partial charge in [0.25, 0.3) is 0 Å². The number of guanidine groups is 1. The van der Waals surface area contributed by atoms with Gasteiger partial charge in [0.2, 0.25) is 17.8 Å². The first kappa shape index (κ1) is 20.0. The number of nitrogens with zero attached hydrogens (tertiary/aromatic N) is 3. The zero-order chi connectivity index (χ0) is 20.4. The molecule has 2 heterocycles. The second-order valence-electron chi connectivity index (χ2n) is 7.92. The van der Waals surface area contributed by atoms with E-state index in [0.717, 1.165) is 18.4 Å². The molecule has 1 aromatic rings. The molecule has 0 spiro atoms. The van der Waals surface area contributed by atoms with Crippen molar-refractivity contribution in [1.29, 1.82) is 0 Å². The molecule has 2 aliphatic heterocycles. The fraction of sp³-hybridized carbons (Fsp3) is 0.571. The van der Waals surface area contributed by atoms with Gasteiger partial charge in [-0.1, -0.05) is 30.9 Å². The first-order valence-electron chi connectivity index (χ1n) is 10.3. The summed E-state index contributed by atoms with van der Waals surface area (Å²) < 4.78 is 5.83. The largest absolute Gasteiger partial charge is 0.494 e. The van der Waals surface area contributed by atoms with Gasteiger partial charge in [0.1, 0.15) is 17.8 Å². The quantitative estimate of drug-likeness (QED) is 0.437. The van der Waals surface area contributed by atoms with E-state index in [1.54, 1.807) is 4.90 Å². The van der Waals surface area contributed by atoms with E-state index in [-0.39, 0.29) is 18.4 Å². The Morgan fingerprint density at radius 2 is 2.14 bits per heavy atom. The lowest BCUT2D eigenvalue weighted by atomic mass is 9.94. The number of alkyl halides is 1. The van der Waals surface area contributed by atoms with Gasteiger partial charge in [0, 0.05) is 31.1 Å². The van der Waals surface area contributed by atoms with Crippen molar-refractivity contribution >= 4 is 35.1 Å². The van der Waals surface area contributed by atoms with Crippen LogP contribution in [0.1, 0.15) is 56.0 Å². The number of rotatable bonds is 6. The molecule has 1 aliphatic carbocycles. The predicted octanol–water partition coefficient (Wildman–Crippen LogP) is 3.31. The van der Waals surface area contributed by atoms with Crippen LogP contribution in [0.3, 0.4) is 0 Å². The molecular weight excluding hydrogens is 392 g/mol. The topological polar surface area (TPSA) is 74.2 Å². The summed E-state index contributed by atoms with van der Waals surface area (Å²) in [5.74, 6) is 1.25. The van der Waals surface area contributed by atoms with E-state index in [9.17, 15) is 9.59 Å². The highest BCUT2D eigenvalue weighted by atomic mass is 35.5. The van der Waals surface area contributed by atoms with Crippen LogP contribution in [0.5, 0.6) is 5.75 Å². The summed E-state index contributed by atoms with van der Waals surface area (Å²) in [7, 11) is 1.93. The van der Waals surface area contributed by atoms with Crippen molar-refractivity contribution in [3.63, 3.8) is 0 Å². The maximum Gasteiger partial charge on any atom is 0.246 e. The Labute approximate surface area is 176 Å². The highest BCUT2D eigenvalue weighted by Gasteiger charge is 2.35. The van der Waals surface area contributed by atoms with E-state index >= 15 is 0 Å². The van der Waals surface area contributed by atoms with Crippen molar-refractivity contribution in [2.75, 3.05) is 20.2 Å². The molecule has 156 valence electrons. The SMILES string of the molecule is CN(C(=O)CCCOc1ccc2c(c1)N=C1NC(=O)CN1C2Cl)C1CCCCC1. The third-order valence-electron chi connectivity index (χ3n) is 5.92. The number of carbonyl (C=O) groups excluding carboxylic acids is 2. The van der Waals surface area contributed by atoms with Gasteiger partial charge in [0.05, 0.1) is 12.3 Å². The minimum atomic E-state index is -0.432. The fourth-order valence-electron chi connectivity index (χ4n) is 4.20. The van der Waals surface area contributed by atoms with Crippen LogP contribution in [-0.4, -0.2) is 53.8 Å². The van der Waals surface area contributed by atoms with Gasteiger partial charge in [-0.3, -0.25) is 14.9 Å². The lowest BCUT2D eigenvalue weighted by Gasteiger charge is -2.31. The first-order chi connectivity index (χ1) is 14.0. The van der Waals surface area contributed by atoms with E-state index in [1.165, 1.54) is 19.3 Å². The van der Waals surface area contributed by atoms with Crippen LogP contribution in [0.25, 0.3) is 0 Å². The van der Waals surface area contributed by atoms with Crippen LogP contribution in [0, 0.1) is 0 Å². The minimum Gasteiger partial charge on any atom is -0.494 e. The second-order valence-corrected chi connectivity index (χ2v) is 8.33. The Hall–Kier alpha value is -2.28. The van der Waals surface area contributed by atoms with Gasteiger partial charge >= 0.3 is 0 Å². The van der Waals surface area contributed by atoms with Crippen molar-refractivity contribution in [3.05, 3.63) is 23.8 Å². The lowest BCUT2D eigenvalue weighted by molar-refractivity contribution is -0.132. The van der Waals surface area contributed by atoms with Crippen LogP contribution in [0.15, 0.2) is 23.2 Å². The van der Waals surface area contributed by atoms with E-state index in [0.29, 0.717) is 42.9 Å². The molecule has 0 radical (unpaired) electrons. The Balaban J connectivity index is 1.29. The molecule has 8 heteroatoms. The number of halogens is 1. The van der Waals surface area contributed by atoms with Gasteiger partial charge in [-0.05, 0) is 31.4 Å². The van der Waals surface area contributed by atoms with E-state index < -0.39 is 5.50 Å². The Kier molecular flexibility index (Phi) is 5.94. The molecule has 3 aliphatic rings. The third-order valence-corrected chi connectivity index (χ3v) is 6.39. The number of ether oxygens (including phenoxy) is 1. The van der Waals surface area contributed by atoms with Crippen LogP contribution in [0.4, 0.5) is 5.69 Å². The monoisotopic (exact) mass is 418 g/mol. The smallest absolute Gasteiger partial charge is 0.246 e. The number of hydrogen-bond donors (Lipinski definition) is 1. The average molecular weight is 419 g/mol. The maximum atomic E-state index is 12.4. The summed E-state index contributed by atoms with van der Waals surface area (Å²) >= 11 is 6.49. The molecule has 1 N–H and O–H groups in total. The van der Waals surface area contributed by atoms with Gasteiger partial charge in [-0.25, -0.2) is 4.99 Å². The zero-order valence-corrected chi connectivity index (χ0v) is 17.5. The van der Waals surface area contributed by atoms with Gasteiger partial charge in [0.15, 0.2) is 0 Å². The predicted molar refractivity (Wildman–Crippen MR) is 111 cm³/mol. The van der Waals surface area contributed by atoms with E-state index in [4.69, 9.17) is 16.3 Å². The van der Waals surface area contributed by atoms with E-state index in [2.05, 4.69) is 10.3 Å². The molecule has 0 aromatic heterocycles. The van der Waals surface area contributed by atoms with Crippen LogP contribution in [0.2, 0.25) is 0 Å². The lowest BCUT2D eigenvalue weighted by Crippen LogP contribution is -2.38. The number of fused-ring (bicyclic) bond motifs is 2. The molecule has 1 aromatic carbocycles. The van der Waals surface area contributed by atoms with Gasteiger partial charge in [-0.15, -0.1) is 0 Å². The molecule has 1 unspecified atom stereocenters. The number of nitrogens with one attached hydrogen (secondary N) is 1. The summed E-state index contributed by atoms with van der Waals surface area (Å²) in [5.41, 5.74) is 1.12. The first-order valence-corrected chi connectivity index (χ1v) is 10.8. The number of amides is 2. The van der Waals surface area contributed by atoms with Crippen molar-refractivity contribution in [2.24, 2.45) is 4.99 Å². The van der Waals surface area contributed by atoms with Crippen LogP contribution >= 0.6 is 11.6 Å².